The van der Waals surface area contributed by atoms with Crippen molar-refractivity contribution in [2.75, 3.05) is 17.7 Å². The van der Waals surface area contributed by atoms with Crippen molar-refractivity contribution in [3.05, 3.63) is 59.9 Å². The molecule has 0 atom stereocenters. The number of carbonyl (C=O) groups excluding carboxylic acids is 1. The Morgan fingerprint density at radius 1 is 1.06 bits per heavy atom. The molecule has 3 aromatic rings. The Morgan fingerprint density at radius 2 is 1.82 bits per heavy atom. The quantitative estimate of drug-likeness (QED) is 0.368. The van der Waals surface area contributed by atoms with E-state index in [-0.39, 0.29) is 11.7 Å². The van der Waals surface area contributed by atoms with Gasteiger partial charge in [-0.15, -0.1) is 10.2 Å². The first kappa shape index (κ1) is 24.6. The van der Waals surface area contributed by atoms with Crippen LogP contribution in [0.15, 0.2) is 53.7 Å². The summed E-state index contributed by atoms with van der Waals surface area (Å²) in [6.07, 6.45) is 0.994. The topological polar surface area (TPSA) is 78.3 Å². The van der Waals surface area contributed by atoms with Crippen LogP contribution in [0.5, 0.6) is 11.5 Å². The van der Waals surface area contributed by atoms with Gasteiger partial charge in [-0.2, -0.15) is 0 Å². The SMILES string of the molecule is CCOc1ccccc1NC(=O)CSc1nnc(COc2ccc(CC)cc2)n1CC(C)C. The third kappa shape index (κ3) is 7.25. The zero-order valence-electron chi connectivity index (χ0n) is 19.7. The molecule has 1 aromatic heterocycles. The molecule has 1 heterocycles. The molecule has 33 heavy (non-hydrogen) atoms. The molecule has 0 aliphatic rings. The molecule has 7 nitrogen and oxygen atoms in total. The number of nitrogens with one attached hydrogen (secondary N) is 1. The second-order valence-corrected chi connectivity index (χ2v) is 8.90. The van der Waals surface area contributed by atoms with Crippen molar-refractivity contribution in [3.63, 3.8) is 0 Å². The Kier molecular flexibility index (Phi) is 9.18. The molecular formula is C25H32N4O3S. The van der Waals surface area contributed by atoms with Crippen molar-refractivity contribution in [2.45, 2.75) is 52.4 Å². The van der Waals surface area contributed by atoms with Gasteiger partial charge in [0.05, 0.1) is 18.0 Å². The summed E-state index contributed by atoms with van der Waals surface area (Å²) in [5, 5.41) is 12.3. The molecule has 1 amide bonds. The van der Waals surface area contributed by atoms with E-state index in [0.717, 1.165) is 24.5 Å². The van der Waals surface area contributed by atoms with Crippen molar-refractivity contribution in [3.8, 4) is 11.5 Å². The van der Waals surface area contributed by atoms with E-state index in [1.807, 2.05) is 47.9 Å². The summed E-state index contributed by atoms with van der Waals surface area (Å²) in [4.78, 5) is 12.6. The standard InChI is InChI=1S/C25H32N4O3S/c1-5-19-11-13-20(14-12-19)32-16-23-27-28-25(29(23)15-18(3)4)33-17-24(30)26-21-9-7-8-10-22(21)31-6-2/h7-14,18H,5-6,15-17H2,1-4H3,(H,26,30). The monoisotopic (exact) mass is 468 g/mol. The van der Waals surface area contributed by atoms with E-state index in [1.165, 1.54) is 17.3 Å². The molecule has 0 saturated carbocycles. The average Bonchev–Trinajstić information content (AvgIpc) is 3.18. The van der Waals surface area contributed by atoms with Crippen LogP contribution < -0.4 is 14.8 Å². The number of ether oxygens (including phenoxy) is 2. The number of nitrogens with zero attached hydrogens (tertiary/aromatic N) is 3. The normalized spacial score (nSPS) is 10.9. The number of amides is 1. The molecule has 8 heteroatoms. The molecule has 0 bridgehead atoms. The zero-order valence-corrected chi connectivity index (χ0v) is 20.5. The second kappa shape index (κ2) is 12.3. The fraction of sp³-hybridized carbons (Fsp3) is 0.400. The average molecular weight is 469 g/mol. The Bertz CT molecular complexity index is 1030. The van der Waals surface area contributed by atoms with Gasteiger partial charge in [0, 0.05) is 6.54 Å². The molecule has 0 saturated heterocycles. The van der Waals surface area contributed by atoms with E-state index >= 15 is 0 Å². The van der Waals surface area contributed by atoms with Gasteiger partial charge >= 0.3 is 0 Å². The number of aromatic nitrogens is 3. The van der Waals surface area contributed by atoms with Gasteiger partial charge in [-0.1, -0.05) is 56.8 Å². The second-order valence-electron chi connectivity index (χ2n) is 7.96. The van der Waals surface area contributed by atoms with E-state index < -0.39 is 0 Å². The molecule has 0 fully saturated rings. The first-order chi connectivity index (χ1) is 16.0. The number of benzene rings is 2. The Labute approximate surface area is 199 Å². The zero-order chi connectivity index (χ0) is 23.6. The summed E-state index contributed by atoms with van der Waals surface area (Å²) in [6, 6.07) is 15.5. The molecule has 3 rings (SSSR count). The number of rotatable bonds is 12. The summed E-state index contributed by atoms with van der Waals surface area (Å²) in [5.41, 5.74) is 1.93. The molecule has 0 unspecified atom stereocenters. The highest BCUT2D eigenvalue weighted by Crippen LogP contribution is 2.25. The van der Waals surface area contributed by atoms with Crippen LogP contribution in [0, 0.1) is 5.92 Å². The lowest BCUT2D eigenvalue weighted by atomic mass is 10.2. The van der Waals surface area contributed by atoms with Gasteiger partial charge in [0.25, 0.3) is 0 Å². The van der Waals surface area contributed by atoms with Gasteiger partial charge in [0.2, 0.25) is 5.91 Å². The lowest BCUT2D eigenvalue weighted by Gasteiger charge is -2.14. The predicted molar refractivity (Wildman–Crippen MR) is 132 cm³/mol. The summed E-state index contributed by atoms with van der Waals surface area (Å²) in [6.45, 7) is 9.92. The van der Waals surface area contributed by atoms with E-state index in [9.17, 15) is 4.79 Å². The predicted octanol–water partition coefficient (Wildman–Crippen LogP) is 5.21. The lowest BCUT2D eigenvalue weighted by molar-refractivity contribution is -0.113. The fourth-order valence-corrected chi connectivity index (χ4v) is 3.98. The Balaban J connectivity index is 1.63. The highest BCUT2D eigenvalue weighted by atomic mass is 32.2. The van der Waals surface area contributed by atoms with Crippen LogP contribution in [0.1, 0.15) is 39.1 Å². The highest BCUT2D eigenvalue weighted by molar-refractivity contribution is 7.99. The van der Waals surface area contributed by atoms with Crippen molar-refractivity contribution < 1.29 is 14.3 Å². The minimum atomic E-state index is -0.125. The van der Waals surface area contributed by atoms with Gasteiger partial charge in [-0.05, 0) is 49.1 Å². The van der Waals surface area contributed by atoms with Gasteiger partial charge < -0.3 is 19.4 Å². The van der Waals surface area contributed by atoms with Crippen molar-refractivity contribution in [1.82, 2.24) is 14.8 Å². The number of aryl methyl sites for hydroxylation is 1. The van der Waals surface area contributed by atoms with E-state index in [0.29, 0.717) is 35.7 Å². The van der Waals surface area contributed by atoms with Crippen LogP contribution in [0.4, 0.5) is 5.69 Å². The summed E-state index contributed by atoms with van der Waals surface area (Å²) in [7, 11) is 0. The summed E-state index contributed by atoms with van der Waals surface area (Å²) in [5.74, 6) is 2.69. The number of hydrogen-bond acceptors (Lipinski definition) is 6. The van der Waals surface area contributed by atoms with E-state index in [1.54, 1.807) is 0 Å². The highest BCUT2D eigenvalue weighted by Gasteiger charge is 2.16. The number of hydrogen-bond donors (Lipinski definition) is 1. The van der Waals surface area contributed by atoms with Crippen LogP contribution in [-0.4, -0.2) is 33.0 Å². The van der Waals surface area contributed by atoms with Crippen LogP contribution in [0.25, 0.3) is 0 Å². The fourth-order valence-electron chi connectivity index (χ4n) is 3.22. The largest absolute Gasteiger partial charge is 0.492 e. The van der Waals surface area contributed by atoms with Gasteiger partial charge in [-0.25, -0.2) is 0 Å². The van der Waals surface area contributed by atoms with Gasteiger partial charge in [0.1, 0.15) is 18.1 Å². The third-order valence-corrected chi connectivity index (χ3v) is 5.80. The maximum atomic E-state index is 12.6. The van der Waals surface area contributed by atoms with Gasteiger partial charge in [0.15, 0.2) is 11.0 Å². The number of thioether (sulfide) groups is 1. The third-order valence-electron chi connectivity index (χ3n) is 4.83. The molecular weight excluding hydrogens is 436 g/mol. The van der Waals surface area contributed by atoms with Crippen molar-refractivity contribution in [2.24, 2.45) is 5.92 Å². The maximum absolute atomic E-state index is 12.6. The first-order valence-corrected chi connectivity index (χ1v) is 12.3. The minimum Gasteiger partial charge on any atom is -0.492 e. The Hall–Kier alpha value is -3.00. The maximum Gasteiger partial charge on any atom is 0.234 e. The number of carbonyl (C=O) groups is 1. The number of para-hydroxylation sites is 2. The summed E-state index contributed by atoms with van der Waals surface area (Å²) < 4.78 is 13.6. The van der Waals surface area contributed by atoms with Crippen LogP contribution in [0.3, 0.4) is 0 Å². The minimum absolute atomic E-state index is 0.125. The van der Waals surface area contributed by atoms with Crippen molar-refractivity contribution in [1.29, 1.82) is 0 Å². The molecule has 176 valence electrons. The molecule has 1 N–H and O–H groups in total. The molecule has 0 spiro atoms. The van der Waals surface area contributed by atoms with Crippen molar-refractivity contribution >= 4 is 23.4 Å². The first-order valence-electron chi connectivity index (χ1n) is 11.3. The van der Waals surface area contributed by atoms with Gasteiger partial charge in [-0.3, -0.25) is 4.79 Å². The number of anilines is 1. The molecule has 0 radical (unpaired) electrons. The summed E-state index contributed by atoms with van der Waals surface area (Å²) >= 11 is 1.36. The van der Waals surface area contributed by atoms with Crippen LogP contribution >= 0.6 is 11.8 Å². The van der Waals surface area contributed by atoms with Crippen LogP contribution in [-0.2, 0) is 24.4 Å². The van der Waals surface area contributed by atoms with E-state index in [2.05, 4.69) is 48.4 Å². The molecule has 2 aromatic carbocycles. The lowest BCUT2D eigenvalue weighted by Crippen LogP contribution is -2.16. The smallest absolute Gasteiger partial charge is 0.234 e. The van der Waals surface area contributed by atoms with E-state index in [4.69, 9.17) is 9.47 Å². The Morgan fingerprint density at radius 3 is 2.52 bits per heavy atom. The molecule has 0 aliphatic carbocycles. The molecule has 0 aliphatic heterocycles. The van der Waals surface area contributed by atoms with Crippen LogP contribution in [0.2, 0.25) is 0 Å².